The summed E-state index contributed by atoms with van der Waals surface area (Å²) in [5, 5.41) is 3.50. The van der Waals surface area contributed by atoms with Crippen LogP contribution >= 0.6 is 15.9 Å². The van der Waals surface area contributed by atoms with E-state index in [4.69, 9.17) is 0 Å². The highest BCUT2D eigenvalue weighted by atomic mass is 79.9. The molecule has 1 nitrogen and oxygen atoms in total. The number of nitrogens with one attached hydrogen (secondary N) is 1. The zero-order valence-electron chi connectivity index (χ0n) is 11.1. The summed E-state index contributed by atoms with van der Waals surface area (Å²) in [6, 6.07) is 19.0. The first-order chi connectivity index (χ1) is 9.16. The number of benzene rings is 2. The van der Waals surface area contributed by atoms with E-state index < -0.39 is 0 Å². The Hall–Kier alpha value is -1.38. The van der Waals surface area contributed by atoms with E-state index in [1.807, 2.05) is 24.3 Å². The third-order valence-corrected chi connectivity index (χ3v) is 3.65. The molecule has 0 aliphatic heterocycles. The lowest BCUT2D eigenvalue weighted by atomic mass is 10.1. The molecule has 0 radical (unpaired) electrons. The Morgan fingerprint density at radius 2 is 1.89 bits per heavy atom. The molecule has 2 aromatic carbocycles. The van der Waals surface area contributed by atoms with Gasteiger partial charge in [-0.2, -0.15) is 0 Å². The quantitative estimate of drug-likeness (QED) is 0.834. The van der Waals surface area contributed by atoms with Gasteiger partial charge >= 0.3 is 0 Å². The van der Waals surface area contributed by atoms with Crippen LogP contribution in [0.4, 0.5) is 0 Å². The lowest BCUT2D eigenvalue weighted by Gasteiger charge is -2.16. The molecule has 0 aliphatic rings. The molecule has 0 saturated carbocycles. The SMILES string of the molecule is C=C(CN[C@H](C)c1cccc(Br)c1)c1ccccc1. The average Bonchev–Trinajstić information content (AvgIpc) is 2.45. The summed E-state index contributed by atoms with van der Waals surface area (Å²) in [6.07, 6.45) is 0. The molecule has 0 aromatic heterocycles. The number of hydrogen-bond acceptors (Lipinski definition) is 1. The summed E-state index contributed by atoms with van der Waals surface area (Å²) in [6.45, 7) is 7.09. The van der Waals surface area contributed by atoms with Gasteiger partial charge in [-0.3, -0.25) is 0 Å². The Kier molecular flexibility index (Phi) is 4.94. The highest BCUT2D eigenvalue weighted by molar-refractivity contribution is 9.10. The van der Waals surface area contributed by atoms with Crippen LogP contribution in [0.1, 0.15) is 24.1 Å². The van der Waals surface area contributed by atoms with Gasteiger partial charge < -0.3 is 5.32 Å². The van der Waals surface area contributed by atoms with Gasteiger partial charge in [-0.05, 0) is 35.8 Å². The summed E-state index contributed by atoms with van der Waals surface area (Å²) < 4.78 is 1.11. The largest absolute Gasteiger partial charge is 0.306 e. The van der Waals surface area contributed by atoms with Crippen molar-refractivity contribution in [3.05, 3.63) is 76.8 Å². The Balaban J connectivity index is 1.94. The molecular weight excluding hydrogens is 298 g/mol. The van der Waals surface area contributed by atoms with Crippen LogP contribution in [0.15, 0.2) is 65.6 Å². The fourth-order valence-corrected chi connectivity index (χ4v) is 2.36. The molecule has 0 bridgehead atoms. The standard InChI is InChI=1S/C17H18BrN/c1-13(15-7-4-3-5-8-15)12-19-14(2)16-9-6-10-17(18)11-16/h3-11,14,19H,1,12H2,2H3/t14-/m1/s1. The van der Waals surface area contributed by atoms with Crippen LogP contribution in [0.25, 0.3) is 5.57 Å². The first kappa shape index (κ1) is 14.0. The first-order valence-electron chi connectivity index (χ1n) is 6.39. The summed E-state index contributed by atoms with van der Waals surface area (Å²) in [4.78, 5) is 0. The van der Waals surface area contributed by atoms with Crippen LogP contribution in [0, 0.1) is 0 Å². The molecule has 98 valence electrons. The van der Waals surface area contributed by atoms with E-state index in [2.05, 4.69) is 65.1 Å². The number of hydrogen-bond donors (Lipinski definition) is 1. The van der Waals surface area contributed by atoms with Crippen molar-refractivity contribution in [2.45, 2.75) is 13.0 Å². The van der Waals surface area contributed by atoms with Crippen molar-refractivity contribution >= 4 is 21.5 Å². The zero-order chi connectivity index (χ0) is 13.7. The van der Waals surface area contributed by atoms with E-state index in [-0.39, 0.29) is 0 Å². The second kappa shape index (κ2) is 6.69. The van der Waals surface area contributed by atoms with Crippen LogP contribution in [0.2, 0.25) is 0 Å². The van der Waals surface area contributed by atoms with Gasteiger partial charge in [-0.1, -0.05) is 65.0 Å². The lowest BCUT2D eigenvalue weighted by molar-refractivity contribution is 0.622. The van der Waals surface area contributed by atoms with Crippen molar-refractivity contribution < 1.29 is 0 Å². The molecular formula is C17H18BrN. The molecule has 2 heteroatoms. The van der Waals surface area contributed by atoms with Gasteiger partial charge in [0.1, 0.15) is 0 Å². The van der Waals surface area contributed by atoms with Gasteiger partial charge in [0, 0.05) is 17.1 Å². The summed E-state index contributed by atoms with van der Waals surface area (Å²) in [5.74, 6) is 0. The molecule has 0 heterocycles. The van der Waals surface area contributed by atoms with Crippen molar-refractivity contribution in [3.63, 3.8) is 0 Å². The topological polar surface area (TPSA) is 12.0 Å². The minimum Gasteiger partial charge on any atom is -0.306 e. The Bertz CT molecular complexity index is 548. The predicted molar refractivity (Wildman–Crippen MR) is 86.0 cm³/mol. The van der Waals surface area contributed by atoms with Gasteiger partial charge in [-0.15, -0.1) is 0 Å². The van der Waals surface area contributed by atoms with E-state index >= 15 is 0 Å². The number of rotatable bonds is 5. The normalized spacial score (nSPS) is 12.1. The van der Waals surface area contributed by atoms with E-state index in [9.17, 15) is 0 Å². The molecule has 1 N–H and O–H groups in total. The van der Waals surface area contributed by atoms with Gasteiger partial charge in [0.15, 0.2) is 0 Å². The molecule has 1 atom stereocenters. The van der Waals surface area contributed by atoms with Gasteiger partial charge in [0.05, 0.1) is 0 Å². The second-order valence-corrected chi connectivity index (χ2v) is 5.54. The Morgan fingerprint density at radius 1 is 1.16 bits per heavy atom. The van der Waals surface area contributed by atoms with Gasteiger partial charge in [0.2, 0.25) is 0 Å². The van der Waals surface area contributed by atoms with Crippen molar-refractivity contribution in [1.82, 2.24) is 5.32 Å². The van der Waals surface area contributed by atoms with Crippen LogP contribution in [0.3, 0.4) is 0 Å². The fraction of sp³-hybridized carbons (Fsp3) is 0.176. The maximum Gasteiger partial charge on any atom is 0.0295 e. The molecule has 0 fully saturated rings. The van der Waals surface area contributed by atoms with Crippen molar-refractivity contribution in [2.75, 3.05) is 6.54 Å². The molecule has 0 spiro atoms. The van der Waals surface area contributed by atoms with E-state index in [1.54, 1.807) is 0 Å². The zero-order valence-corrected chi connectivity index (χ0v) is 12.7. The van der Waals surface area contributed by atoms with E-state index in [1.165, 1.54) is 11.1 Å². The molecule has 0 amide bonds. The van der Waals surface area contributed by atoms with Crippen molar-refractivity contribution in [1.29, 1.82) is 0 Å². The molecule has 0 unspecified atom stereocenters. The third-order valence-electron chi connectivity index (χ3n) is 3.15. The van der Waals surface area contributed by atoms with Crippen molar-refractivity contribution in [3.8, 4) is 0 Å². The second-order valence-electron chi connectivity index (χ2n) is 4.63. The lowest BCUT2D eigenvalue weighted by Crippen LogP contribution is -2.20. The van der Waals surface area contributed by atoms with Gasteiger partial charge in [-0.25, -0.2) is 0 Å². The third kappa shape index (κ3) is 4.05. The minimum absolute atomic E-state index is 0.304. The molecule has 2 aromatic rings. The Labute approximate surface area is 123 Å². The number of halogens is 1. The highest BCUT2D eigenvalue weighted by Gasteiger charge is 2.06. The maximum absolute atomic E-state index is 4.14. The van der Waals surface area contributed by atoms with Crippen LogP contribution in [-0.4, -0.2) is 6.54 Å². The highest BCUT2D eigenvalue weighted by Crippen LogP contribution is 2.19. The van der Waals surface area contributed by atoms with Crippen molar-refractivity contribution in [2.24, 2.45) is 0 Å². The molecule has 2 rings (SSSR count). The Morgan fingerprint density at radius 3 is 2.58 bits per heavy atom. The van der Waals surface area contributed by atoms with E-state index in [0.29, 0.717) is 6.04 Å². The smallest absolute Gasteiger partial charge is 0.0295 e. The predicted octanol–water partition coefficient (Wildman–Crippen LogP) is 4.81. The average molecular weight is 316 g/mol. The summed E-state index contributed by atoms with van der Waals surface area (Å²) >= 11 is 3.50. The summed E-state index contributed by atoms with van der Waals surface area (Å²) in [5.41, 5.74) is 3.58. The first-order valence-corrected chi connectivity index (χ1v) is 7.18. The monoisotopic (exact) mass is 315 g/mol. The molecule has 0 aliphatic carbocycles. The fourth-order valence-electron chi connectivity index (χ4n) is 1.95. The van der Waals surface area contributed by atoms with Crippen LogP contribution in [-0.2, 0) is 0 Å². The molecule has 19 heavy (non-hydrogen) atoms. The molecule has 0 saturated heterocycles. The maximum atomic E-state index is 4.14. The summed E-state index contributed by atoms with van der Waals surface area (Å²) in [7, 11) is 0. The van der Waals surface area contributed by atoms with E-state index in [0.717, 1.165) is 16.6 Å². The minimum atomic E-state index is 0.304. The van der Waals surface area contributed by atoms with Crippen LogP contribution in [0.5, 0.6) is 0 Å². The van der Waals surface area contributed by atoms with Crippen LogP contribution < -0.4 is 5.32 Å². The van der Waals surface area contributed by atoms with Gasteiger partial charge in [0.25, 0.3) is 0 Å².